The molecule has 0 spiro atoms. The Morgan fingerprint density at radius 3 is 2.95 bits per heavy atom. The van der Waals surface area contributed by atoms with Crippen molar-refractivity contribution in [3.05, 3.63) is 41.0 Å². The van der Waals surface area contributed by atoms with Crippen molar-refractivity contribution in [2.24, 2.45) is 0 Å². The van der Waals surface area contributed by atoms with Crippen LogP contribution in [0.2, 0.25) is 5.02 Å². The Morgan fingerprint density at radius 1 is 1.40 bits per heavy atom. The zero-order valence-corrected chi connectivity index (χ0v) is 12.5. The maximum absolute atomic E-state index is 9.75. The number of likely N-dealkylation sites (N-methyl/N-ethyl adjacent to an activating group) is 1. The SMILES string of the molecule is COCC(O)CN(C)Cc1ccc(Cl)c2cccnc12. The average Bonchev–Trinajstić information content (AvgIpc) is 2.42. The van der Waals surface area contributed by atoms with Crippen LogP contribution in [0.1, 0.15) is 5.56 Å². The number of fused-ring (bicyclic) bond motifs is 1. The molecule has 20 heavy (non-hydrogen) atoms. The molecule has 1 atom stereocenters. The molecule has 0 saturated carbocycles. The first-order valence-electron chi connectivity index (χ1n) is 6.49. The Hall–Kier alpha value is -1.20. The molecule has 0 aliphatic heterocycles. The molecule has 1 aromatic heterocycles. The van der Waals surface area contributed by atoms with E-state index in [0.29, 0.717) is 24.7 Å². The van der Waals surface area contributed by atoms with E-state index in [1.807, 2.05) is 36.2 Å². The summed E-state index contributed by atoms with van der Waals surface area (Å²) in [5.74, 6) is 0. The summed E-state index contributed by atoms with van der Waals surface area (Å²) < 4.78 is 4.93. The van der Waals surface area contributed by atoms with Gasteiger partial charge in [0, 0.05) is 36.8 Å². The number of hydrogen-bond acceptors (Lipinski definition) is 4. The number of benzene rings is 1. The van der Waals surface area contributed by atoms with Crippen molar-refractivity contribution in [3.8, 4) is 0 Å². The molecule has 0 amide bonds. The molecule has 0 aliphatic carbocycles. The van der Waals surface area contributed by atoms with Crippen LogP contribution in [0.4, 0.5) is 0 Å². The number of methoxy groups -OCH3 is 1. The van der Waals surface area contributed by atoms with Gasteiger partial charge >= 0.3 is 0 Å². The Labute approximate surface area is 123 Å². The summed E-state index contributed by atoms with van der Waals surface area (Å²) in [6.07, 6.45) is 1.28. The lowest BCUT2D eigenvalue weighted by Gasteiger charge is -2.20. The molecule has 0 bridgehead atoms. The summed E-state index contributed by atoms with van der Waals surface area (Å²) in [5, 5.41) is 11.4. The molecule has 0 fully saturated rings. The van der Waals surface area contributed by atoms with E-state index >= 15 is 0 Å². The van der Waals surface area contributed by atoms with Crippen molar-refractivity contribution in [3.63, 3.8) is 0 Å². The number of pyridine rings is 1. The first-order valence-corrected chi connectivity index (χ1v) is 6.87. The van der Waals surface area contributed by atoms with E-state index in [2.05, 4.69) is 4.98 Å². The third kappa shape index (κ3) is 3.67. The van der Waals surface area contributed by atoms with Gasteiger partial charge in [-0.15, -0.1) is 0 Å². The third-order valence-electron chi connectivity index (χ3n) is 3.12. The largest absolute Gasteiger partial charge is 0.389 e. The van der Waals surface area contributed by atoms with Crippen molar-refractivity contribution >= 4 is 22.5 Å². The van der Waals surface area contributed by atoms with Crippen LogP contribution < -0.4 is 0 Å². The van der Waals surface area contributed by atoms with Crippen LogP contribution in [-0.4, -0.2) is 48.4 Å². The molecule has 108 valence electrons. The number of hydrogen-bond donors (Lipinski definition) is 1. The van der Waals surface area contributed by atoms with E-state index in [1.54, 1.807) is 13.3 Å². The molecule has 0 saturated heterocycles. The first-order chi connectivity index (χ1) is 9.61. The first kappa shape index (κ1) is 15.2. The van der Waals surface area contributed by atoms with E-state index in [9.17, 15) is 5.11 Å². The Bertz CT molecular complexity index is 577. The van der Waals surface area contributed by atoms with Crippen LogP contribution >= 0.6 is 11.6 Å². The molecule has 1 N–H and O–H groups in total. The highest BCUT2D eigenvalue weighted by Crippen LogP contribution is 2.25. The maximum atomic E-state index is 9.75. The number of halogens is 1. The van der Waals surface area contributed by atoms with Gasteiger partial charge in [-0.3, -0.25) is 9.88 Å². The van der Waals surface area contributed by atoms with Crippen molar-refractivity contribution in [2.45, 2.75) is 12.6 Å². The maximum Gasteiger partial charge on any atom is 0.0900 e. The lowest BCUT2D eigenvalue weighted by molar-refractivity contribution is 0.0419. The van der Waals surface area contributed by atoms with E-state index in [1.165, 1.54) is 0 Å². The highest BCUT2D eigenvalue weighted by molar-refractivity contribution is 6.35. The average molecular weight is 295 g/mol. The van der Waals surface area contributed by atoms with E-state index in [4.69, 9.17) is 16.3 Å². The minimum absolute atomic E-state index is 0.337. The number of aliphatic hydroxyl groups excluding tert-OH is 1. The fourth-order valence-corrected chi connectivity index (χ4v) is 2.50. The molecule has 1 heterocycles. The monoisotopic (exact) mass is 294 g/mol. The highest BCUT2D eigenvalue weighted by atomic mass is 35.5. The van der Waals surface area contributed by atoms with Crippen LogP contribution in [0.25, 0.3) is 10.9 Å². The molecule has 1 aromatic carbocycles. The van der Waals surface area contributed by atoms with Crippen LogP contribution in [-0.2, 0) is 11.3 Å². The van der Waals surface area contributed by atoms with Gasteiger partial charge in [-0.2, -0.15) is 0 Å². The van der Waals surface area contributed by atoms with Crippen LogP contribution in [0.15, 0.2) is 30.5 Å². The Morgan fingerprint density at radius 2 is 2.20 bits per heavy atom. The fraction of sp³-hybridized carbons (Fsp3) is 0.400. The van der Waals surface area contributed by atoms with Crippen LogP contribution in [0.5, 0.6) is 0 Å². The summed E-state index contributed by atoms with van der Waals surface area (Å²) in [5.41, 5.74) is 2.00. The van der Waals surface area contributed by atoms with Gasteiger partial charge in [0.05, 0.1) is 18.2 Å². The predicted molar refractivity (Wildman–Crippen MR) is 81.0 cm³/mol. The zero-order chi connectivity index (χ0) is 14.5. The number of aromatic nitrogens is 1. The van der Waals surface area contributed by atoms with Crippen molar-refractivity contribution < 1.29 is 9.84 Å². The Balaban J connectivity index is 2.15. The molecule has 0 radical (unpaired) electrons. The number of rotatable bonds is 6. The van der Waals surface area contributed by atoms with Gasteiger partial charge in [-0.25, -0.2) is 0 Å². The van der Waals surface area contributed by atoms with Gasteiger partial charge in [-0.1, -0.05) is 17.7 Å². The summed E-state index contributed by atoms with van der Waals surface area (Å²) >= 11 is 6.18. The summed E-state index contributed by atoms with van der Waals surface area (Å²) in [6, 6.07) is 7.72. The van der Waals surface area contributed by atoms with Gasteiger partial charge < -0.3 is 9.84 Å². The van der Waals surface area contributed by atoms with Crippen LogP contribution in [0, 0.1) is 0 Å². The Kier molecular flexibility index (Phi) is 5.31. The molecule has 2 rings (SSSR count). The summed E-state index contributed by atoms with van der Waals surface area (Å²) in [7, 11) is 3.54. The fourth-order valence-electron chi connectivity index (χ4n) is 2.28. The highest BCUT2D eigenvalue weighted by Gasteiger charge is 2.11. The second kappa shape index (κ2) is 6.99. The van der Waals surface area contributed by atoms with Gasteiger partial charge in [-0.05, 0) is 30.8 Å². The molecule has 0 aliphatic rings. The molecule has 2 aromatic rings. The van der Waals surface area contributed by atoms with Crippen molar-refractivity contribution in [1.82, 2.24) is 9.88 Å². The summed E-state index contributed by atoms with van der Waals surface area (Å²) in [4.78, 5) is 6.45. The van der Waals surface area contributed by atoms with E-state index in [-0.39, 0.29) is 0 Å². The minimum atomic E-state index is -0.489. The summed E-state index contributed by atoms with van der Waals surface area (Å²) in [6.45, 7) is 1.58. The lowest BCUT2D eigenvalue weighted by Crippen LogP contribution is -2.31. The lowest BCUT2D eigenvalue weighted by atomic mass is 10.1. The van der Waals surface area contributed by atoms with Gasteiger partial charge in [0.25, 0.3) is 0 Å². The van der Waals surface area contributed by atoms with Gasteiger partial charge in [0.1, 0.15) is 0 Å². The second-order valence-corrected chi connectivity index (χ2v) is 5.32. The third-order valence-corrected chi connectivity index (χ3v) is 3.45. The number of nitrogens with zero attached hydrogens (tertiary/aromatic N) is 2. The topological polar surface area (TPSA) is 45.6 Å². The number of aliphatic hydroxyl groups is 1. The smallest absolute Gasteiger partial charge is 0.0900 e. The number of ether oxygens (including phenoxy) is 1. The van der Waals surface area contributed by atoms with Gasteiger partial charge in [0.15, 0.2) is 0 Å². The zero-order valence-electron chi connectivity index (χ0n) is 11.7. The second-order valence-electron chi connectivity index (χ2n) is 4.91. The van der Waals surface area contributed by atoms with Gasteiger partial charge in [0.2, 0.25) is 0 Å². The minimum Gasteiger partial charge on any atom is -0.389 e. The standard InChI is InChI=1S/C15H19ClN2O2/c1-18(9-12(19)10-20-2)8-11-5-6-14(16)13-4-3-7-17-15(11)13/h3-7,12,19H,8-10H2,1-2H3. The predicted octanol–water partition coefficient (Wildman–Crippen LogP) is 2.33. The quantitative estimate of drug-likeness (QED) is 0.888. The molecule has 5 heteroatoms. The van der Waals surface area contributed by atoms with Crippen LogP contribution in [0.3, 0.4) is 0 Å². The molecule has 1 unspecified atom stereocenters. The molecular weight excluding hydrogens is 276 g/mol. The normalized spacial score (nSPS) is 13.1. The van der Waals surface area contributed by atoms with E-state index in [0.717, 1.165) is 16.5 Å². The van der Waals surface area contributed by atoms with E-state index < -0.39 is 6.10 Å². The molecular formula is C15H19ClN2O2. The van der Waals surface area contributed by atoms with Crippen molar-refractivity contribution in [1.29, 1.82) is 0 Å². The molecule has 4 nitrogen and oxygen atoms in total. The van der Waals surface area contributed by atoms with Crippen molar-refractivity contribution in [2.75, 3.05) is 27.3 Å².